The van der Waals surface area contributed by atoms with Crippen molar-refractivity contribution in [1.29, 1.82) is 0 Å². The van der Waals surface area contributed by atoms with Crippen LogP contribution in [0.5, 0.6) is 0 Å². The molecule has 0 radical (unpaired) electrons. The summed E-state index contributed by atoms with van der Waals surface area (Å²) in [5.41, 5.74) is 3.06. The number of rotatable bonds is 6. The molecule has 4 rings (SSSR count). The van der Waals surface area contributed by atoms with Crippen molar-refractivity contribution in [2.45, 2.75) is 30.7 Å². The van der Waals surface area contributed by atoms with Crippen molar-refractivity contribution in [1.82, 2.24) is 5.32 Å². The number of hydrogen-bond acceptors (Lipinski definition) is 4. The Balaban J connectivity index is 1.58. The summed E-state index contributed by atoms with van der Waals surface area (Å²) in [7, 11) is -3.89. The van der Waals surface area contributed by atoms with Gasteiger partial charge in [0.2, 0.25) is 0 Å². The molecule has 2 heterocycles. The number of nitrogens with zero attached hydrogens (tertiary/aromatic N) is 1. The Labute approximate surface area is 185 Å². The van der Waals surface area contributed by atoms with Crippen LogP contribution in [0.2, 0.25) is 5.02 Å². The highest BCUT2D eigenvalue weighted by Gasteiger charge is 2.32. The minimum atomic E-state index is -3.89. The summed E-state index contributed by atoms with van der Waals surface area (Å²) in [6.45, 7) is 2.27. The van der Waals surface area contributed by atoms with Gasteiger partial charge < -0.3 is 5.32 Å². The summed E-state index contributed by atoms with van der Waals surface area (Å²) in [5, 5.41) is 7.07. The lowest BCUT2D eigenvalue weighted by Crippen LogP contribution is -2.34. The predicted octanol–water partition coefficient (Wildman–Crippen LogP) is 4.51. The van der Waals surface area contributed by atoms with Crippen molar-refractivity contribution in [2.75, 3.05) is 10.8 Å². The van der Waals surface area contributed by atoms with Gasteiger partial charge in [0.05, 0.1) is 10.7 Å². The quantitative estimate of drug-likeness (QED) is 0.588. The Bertz CT molecular complexity index is 1180. The van der Waals surface area contributed by atoms with Crippen molar-refractivity contribution < 1.29 is 13.2 Å². The number of carbonyl (C=O) groups is 1. The molecule has 1 atom stereocenters. The van der Waals surface area contributed by atoms with Crippen LogP contribution in [0.15, 0.2) is 64.2 Å². The van der Waals surface area contributed by atoms with Gasteiger partial charge in [-0.2, -0.15) is 11.3 Å². The lowest BCUT2D eigenvalue weighted by Gasteiger charge is -2.21. The van der Waals surface area contributed by atoms with Crippen LogP contribution >= 0.6 is 22.9 Å². The molecule has 1 aromatic heterocycles. The fourth-order valence-electron chi connectivity index (χ4n) is 3.64. The van der Waals surface area contributed by atoms with Gasteiger partial charge in [-0.1, -0.05) is 29.8 Å². The van der Waals surface area contributed by atoms with Crippen LogP contribution in [-0.2, 0) is 22.9 Å². The van der Waals surface area contributed by atoms with E-state index in [1.54, 1.807) is 23.5 Å². The number of hydrogen-bond donors (Lipinski definition) is 1. The summed E-state index contributed by atoms with van der Waals surface area (Å²) < 4.78 is 28.0. The van der Waals surface area contributed by atoms with E-state index in [1.807, 2.05) is 41.9 Å². The number of para-hydroxylation sites is 1. The van der Waals surface area contributed by atoms with Gasteiger partial charge in [0, 0.05) is 18.2 Å². The SMILES string of the molecule is CC(Cc1ccsc1)NC(=O)c1ccc(Cl)c(S(=O)(=O)N2CCc3ccccc32)c1. The first-order valence-electron chi connectivity index (χ1n) is 9.58. The average Bonchev–Trinajstić information content (AvgIpc) is 3.37. The average molecular weight is 461 g/mol. The maximum atomic E-state index is 13.3. The number of amides is 1. The zero-order valence-corrected chi connectivity index (χ0v) is 18.7. The highest BCUT2D eigenvalue weighted by Crippen LogP contribution is 2.35. The number of nitrogens with one attached hydrogen (secondary N) is 1. The molecule has 0 saturated carbocycles. The van der Waals surface area contributed by atoms with Crippen molar-refractivity contribution in [3.8, 4) is 0 Å². The molecule has 1 amide bonds. The summed E-state index contributed by atoms with van der Waals surface area (Å²) in [4.78, 5) is 12.7. The molecule has 1 aliphatic rings. The third-order valence-electron chi connectivity index (χ3n) is 5.11. The second kappa shape index (κ2) is 8.41. The first-order valence-corrected chi connectivity index (χ1v) is 12.3. The fourth-order valence-corrected chi connectivity index (χ4v) is 6.33. The monoisotopic (exact) mass is 460 g/mol. The molecule has 30 heavy (non-hydrogen) atoms. The second-order valence-corrected chi connectivity index (χ2v) is 10.3. The maximum absolute atomic E-state index is 13.3. The van der Waals surface area contributed by atoms with E-state index in [2.05, 4.69) is 5.32 Å². The van der Waals surface area contributed by atoms with Crippen molar-refractivity contribution >= 4 is 44.6 Å². The molecule has 0 bridgehead atoms. The van der Waals surface area contributed by atoms with Gasteiger partial charge >= 0.3 is 0 Å². The van der Waals surface area contributed by atoms with Crippen LogP contribution < -0.4 is 9.62 Å². The Morgan fingerprint density at radius 2 is 2.03 bits per heavy atom. The molecule has 0 spiro atoms. The topological polar surface area (TPSA) is 66.5 Å². The molecular weight excluding hydrogens is 440 g/mol. The largest absolute Gasteiger partial charge is 0.349 e. The number of anilines is 1. The maximum Gasteiger partial charge on any atom is 0.265 e. The Morgan fingerprint density at radius 1 is 1.23 bits per heavy atom. The second-order valence-electron chi connectivity index (χ2n) is 7.31. The summed E-state index contributed by atoms with van der Waals surface area (Å²) in [6.07, 6.45) is 1.35. The lowest BCUT2D eigenvalue weighted by molar-refractivity contribution is 0.0940. The van der Waals surface area contributed by atoms with E-state index < -0.39 is 10.0 Å². The Kier molecular flexibility index (Phi) is 5.86. The zero-order valence-electron chi connectivity index (χ0n) is 16.3. The minimum Gasteiger partial charge on any atom is -0.349 e. The highest BCUT2D eigenvalue weighted by molar-refractivity contribution is 7.93. The number of benzene rings is 2. The first-order chi connectivity index (χ1) is 14.4. The van der Waals surface area contributed by atoms with E-state index in [1.165, 1.54) is 16.4 Å². The van der Waals surface area contributed by atoms with Crippen molar-refractivity contribution in [3.63, 3.8) is 0 Å². The molecule has 1 N–H and O–H groups in total. The molecule has 8 heteroatoms. The Morgan fingerprint density at radius 3 is 2.80 bits per heavy atom. The number of sulfonamides is 1. The molecule has 1 unspecified atom stereocenters. The van der Waals surface area contributed by atoms with E-state index in [-0.39, 0.29) is 27.4 Å². The first kappa shape index (κ1) is 20.9. The number of carbonyl (C=O) groups excluding carboxylic acids is 1. The molecule has 0 saturated heterocycles. The molecular formula is C22H21ClN2O3S2. The molecule has 2 aromatic carbocycles. The van der Waals surface area contributed by atoms with E-state index >= 15 is 0 Å². The van der Waals surface area contributed by atoms with Gasteiger partial charge in [-0.3, -0.25) is 9.10 Å². The van der Waals surface area contributed by atoms with E-state index in [0.717, 1.165) is 11.1 Å². The number of thiophene rings is 1. The van der Waals surface area contributed by atoms with E-state index in [9.17, 15) is 13.2 Å². The van der Waals surface area contributed by atoms with Crippen LogP contribution in [0.1, 0.15) is 28.4 Å². The predicted molar refractivity (Wildman–Crippen MR) is 121 cm³/mol. The molecule has 156 valence electrons. The summed E-state index contributed by atoms with van der Waals surface area (Å²) in [5.74, 6) is -0.326. The third kappa shape index (κ3) is 4.10. The summed E-state index contributed by atoms with van der Waals surface area (Å²) in [6, 6.07) is 13.7. The van der Waals surface area contributed by atoms with Crippen molar-refractivity contribution in [2.24, 2.45) is 0 Å². The van der Waals surface area contributed by atoms with Gasteiger partial charge in [-0.15, -0.1) is 0 Å². The van der Waals surface area contributed by atoms with Crippen LogP contribution in [0, 0.1) is 0 Å². The molecule has 0 fully saturated rings. The van der Waals surface area contributed by atoms with E-state index in [0.29, 0.717) is 25.1 Å². The lowest BCUT2D eigenvalue weighted by atomic mass is 10.1. The van der Waals surface area contributed by atoms with Crippen LogP contribution in [0.4, 0.5) is 5.69 Å². The normalized spacial score (nSPS) is 14.4. The molecule has 3 aromatic rings. The number of fused-ring (bicyclic) bond motifs is 1. The Hall–Kier alpha value is -2.35. The van der Waals surface area contributed by atoms with E-state index in [4.69, 9.17) is 11.6 Å². The van der Waals surface area contributed by atoms with Crippen LogP contribution in [-0.4, -0.2) is 26.9 Å². The van der Waals surface area contributed by atoms with Gasteiger partial charge in [0.1, 0.15) is 4.90 Å². The van der Waals surface area contributed by atoms with Gasteiger partial charge in [0.25, 0.3) is 15.9 Å². The standard InChI is InChI=1S/C22H21ClN2O3S2/c1-15(12-16-9-11-29-14-16)24-22(26)18-6-7-19(23)21(13-18)30(27,28)25-10-8-17-4-2-3-5-20(17)25/h2-7,9,11,13-15H,8,10,12H2,1H3,(H,24,26). The van der Waals surface area contributed by atoms with Gasteiger partial charge in [-0.05, 0) is 72.0 Å². The fraction of sp³-hybridized carbons (Fsp3) is 0.227. The summed E-state index contributed by atoms with van der Waals surface area (Å²) >= 11 is 7.87. The van der Waals surface area contributed by atoms with Crippen LogP contribution in [0.25, 0.3) is 0 Å². The third-order valence-corrected chi connectivity index (χ3v) is 8.13. The smallest absolute Gasteiger partial charge is 0.265 e. The van der Waals surface area contributed by atoms with Gasteiger partial charge in [0.15, 0.2) is 0 Å². The molecule has 0 aliphatic carbocycles. The van der Waals surface area contributed by atoms with Gasteiger partial charge in [-0.25, -0.2) is 8.42 Å². The highest BCUT2D eigenvalue weighted by atomic mass is 35.5. The molecule has 5 nitrogen and oxygen atoms in total. The zero-order chi connectivity index (χ0) is 21.3. The van der Waals surface area contributed by atoms with Crippen LogP contribution in [0.3, 0.4) is 0 Å². The minimum absolute atomic E-state index is 0.0565. The van der Waals surface area contributed by atoms with Crippen molar-refractivity contribution in [3.05, 3.63) is 81.0 Å². The number of halogens is 1. The molecule has 1 aliphatic heterocycles.